The molecule has 0 saturated carbocycles. The van der Waals surface area contributed by atoms with E-state index in [1.165, 1.54) is 13.0 Å². The van der Waals surface area contributed by atoms with E-state index in [0.29, 0.717) is 52.1 Å². The fourth-order valence-corrected chi connectivity index (χ4v) is 3.64. The summed E-state index contributed by atoms with van der Waals surface area (Å²) in [5.41, 5.74) is 0.110. The lowest BCUT2D eigenvalue weighted by atomic mass is 9.94. The van der Waals surface area contributed by atoms with Crippen molar-refractivity contribution in [1.82, 2.24) is 14.7 Å². The van der Waals surface area contributed by atoms with Crippen molar-refractivity contribution in [2.75, 3.05) is 39.3 Å². The Kier molecular flexibility index (Phi) is 5.72. The number of hydrogen-bond donors (Lipinski definition) is 0. The Morgan fingerprint density at radius 2 is 1.44 bits per heavy atom. The second-order valence-corrected chi connectivity index (χ2v) is 7.03. The summed E-state index contributed by atoms with van der Waals surface area (Å²) in [6.07, 6.45) is 1.09. The molecule has 0 unspecified atom stereocenters. The van der Waals surface area contributed by atoms with Gasteiger partial charge in [-0.3, -0.25) is 14.4 Å². The fourth-order valence-electron chi connectivity index (χ4n) is 3.64. The minimum Gasteiger partial charge on any atom is -0.339 e. The Balaban J connectivity index is 1.52. The minimum absolute atomic E-state index is 0.0196. The number of carbonyl (C=O) groups is 3. The number of benzene rings is 1. The number of halogens is 2. The van der Waals surface area contributed by atoms with E-state index in [0.717, 1.165) is 12.1 Å². The predicted molar refractivity (Wildman–Crippen MR) is 93.8 cm³/mol. The third-order valence-corrected chi connectivity index (χ3v) is 5.33. The number of piperazine rings is 1. The van der Waals surface area contributed by atoms with Crippen molar-refractivity contribution in [3.63, 3.8) is 0 Å². The van der Waals surface area contributed by atoms with Crippen LogP contribution in [0.15, 0.2) is 18.2 Å². The lowest BCUT2D eigenvalue weighted by Crippen LogP contribution is -2.52. The second-order valence-electron chi connectivity index (χ2n) is 7.03. The van der Waals surface area contributed by atoms with Gasteiger partial charge >= 0.3 is 0 Å². The first-order valence-corrected chi connectivity index (χ1v) is 9.15. The molecule has 8 heteroatoms. The molecule has 0 spiro atoms. The highest BCUT2D eigenvalue weighted by molar-refractivity contribution is 5.94. The molecule has 0 aliphatic carbocycles. The van der Waals surface area contributed by atoms with Gasteiger partial charge in [0, 0.05) is 57.7 Å². The van der Waals surface area contributed by atoms with Crippen LogP contribution in [0.3, 0.4) is 0 Å². The summed E-state index contributed by atoms with van der Waals surface area (Å²) in [5.74, 6) is -2.45. The summed E-state index contributed by atoms with van der Waals surface area (Å²) in [6, 6.07) is 3.12. The lowest BCUT2D eigenvalue weighted by molar-refractivity contribution is -0.142. The zero-order chi connectivity index (χ0) is 19.6. The van der Waals surface area contributed by atoms with Crippen molar-refractivity contribution in [3.8, 4) is 0 Å². The summed E-state index contributed by atoms with van der Waals surface area (Å²) in [5, 5.41) is 0. The molecule has 0 N–H and O–H groups in total. The molecule has 2 heterocycles. The molecule has 2 saturated heterocycles. The largest absolute Gasteiger partial charge is 0.339 e. The molecule has 3 amide bonds. The van der Waals surface area contributed by atoms with Gasteiger partial charge in [-0.25, -0.2) is 8.78 Å². The van der Waals surface area contributed by atoms with Crippen LogP contribution in [0.25, 0.3) is 0 Å². The zero-order valence-electron chi connectivity index (χ0n) is 15.3. The quantitative estimate of drug-likeness (QED) is 0.783. The van der Waals surface area contributed by atoms with Crippen LogP contribution in [0, 0.1) is 17.6 Å². The van der Waals surface area contributed by atoms with E-state index in [1.54, 1.807) is 14.7 Å². The molecule has 2 fully saturated rings. The summed E-state index contributed by atoms with van der Waals surface area (Å²) in [4.78, 5) is 41.6. The highest BCUT2D eigenvalue weighted by atomic mass is 19.2. The summed E-state index contributed by atoms with van der Waals surface area (Å²) < 4.78 is 26.4. The van der Waals surface area contributed by atoms with E-state index in [4.69, 9.17) is 0 Å². The van der Waals surface area contributed by atoms with E-state index in [1.807, 2.05) is 0 Å². The van der Waals surface area contributed by atoms with Gasteiger partial charge in [-0.15, -0.1) is 0 Å². The first-order valence-electron chi connectivity index (χ1n) is 9.15. The normalized spacial score (nSPS) is 18.6. The Morgan fingerprint density at radius 1 is 0.852 bits per heavy atom. The average molecular weight is 379 g/mol. The molecule has 1 aromatic carbocycles. The molecule has 0 atom stereocenters. The summed E-state index contributed by atoms with van der Waals surface area (Å²) in [6.45, 7) is 4.50. The van der Waals surface area contributed by atoms with Crippen LogP contribution in [0.5, 0.6) is 0 Å². The van der Waals surface area contributed by atoms with Gasteiger partial charge < -0.3 is 14.7 Å². The molecule has 0 radical (unpaired) electrons. The van der Waals surface area contributed by atoms with Gasteiger partial charge in [0.1, 0.15) is 0 Å². The zero-order valence-corrected chi connectivity index (χ0v) is 15.3. The van der Waals surface area contributed by atoms with Gasteiger partial charge in [0.15, 0.2) is 11.6 Å². The SMILES string of the molecule is CC(=O)N1CCN(C(=O)C2CCN(C(=O)c3ccc(F)c(F)c3)CC2)CC1. The van der Waals surface area contributed by atoms with Crippen LogP contribution in [0.4, 0.5) is 8.78 Å². The number of piperidine rings is 1. The average Bonchev–Trinajstić information content (AvgIpc) is 2.69. The predicted octanol–water partition coefficient (Wildman–Crippen LogP) is 1.51. The Hall–Kier alpha value is -2.51. The number of rotatable bonds is 2. The smallest absolute Gasteiger partial charge is 0.253 e. The summed E-state index contributed by atoms with van der Waals surface area (Å²) >= 11 is 0. The molecule has 0 bridgehead atoms. The first-order chi connectivity index (χ1) is 12.9. The molecule has 146 valence electrons. The molecular weight excluding hydrogens is 356 g/mol. The van der Waals surface area contributed by atoms with Crippen molar-refractivity contribution >= 4 is 17.7 Å². The lowest BCUT2D eigenvalue weighted by Gasteiger charge is -2.38. The van der Waals surface area contributed by atoms with Crippen molar-refractivity contribution in [3.05, 3.63) is 35.4 Å². The second kappa shape index (κ2) is 8.02. The van der Waals surface area contributed by atoms with Crippen LogP contribution >= 0.6 is 0 Å². The van der Waals surface area contributed by atoms with Crippen molar-refractivity contribution in [2.24, 2.45) is 5.92 Å². The van der Waals surface area contributed by atoms with Gasteiger partial charge in [0.25, 0.3) is 5.91 Å². The first kappa shape index (κ1) is 19.3. The number of hydrogen-bond acceptors (Lipinski definition) is 3. The van der Waals surface area contributed by atoms with Crippen LogP contribution in [-0.4, -0.2) is 71.7 Å². The van der Waals surface area contributed by atoms with E-state index in [-0.39, 0.29) is 29.2 Å². The maximum absolute atomic E-state index is 13.3. The van der Waals surface area contributed by atoms with Crippen LogP contribution in [0.1, 0.15) is 30.1 Å². The molecule has 27 heavy (non-hydrogen) atoms. The molecule has 3 rings (SSSR count). The van der Waals surface area contributed by atoms with Gasteiger partial charge in [0.2, 0.25) is 11.8 Å². The number of amides is 3. The van der Waals surface area contributed by atoms with E-state index in [2.05, 4.69) is 0 Å². The highest BCUT2D eigenvalue weighted by Crippen LogP contribution is 2.22. The van der Waals surface area contributed by atoms with Crippen LogP contribution in [0.2, 0.25) is 0 Å². The van der Waals surface area contributed by atoms with E-state index >= 15 is 0 Å². The van der Waals surface area contributed by atoms with E-state index < -0.39 is 11.6 Å². The number of nitrogens with zero attached hydrogens (tertiary/aromatic N) is 3. The Labute approximate surface area is 156 Å². The van der Waals surface area contributed by atoms with Gasteiger partial charge in [-0.05, 0) is 31.0 Å². The van der Waals surface area contributed by atoms with Gasteiger partial charge in [0.05, 0.1) is 0 Å². The topological polar surface area (TPSA) is 60.9 Å². The van der Waals surface area contributed by atoms with Crippen molar-refractivity contribution in [1.29, 1.82) is 0 Å². The van der Waals surface area contributed by atoms with Gasteiger partial charge in [-0.1, -0.05) is 0 Å². The molecular formula is C19H23F2N3O3. The molecule has 2 aliphatic heterocycles. The van der Waals surface area contributed by atoms with Gasteiger partial charge in [-0.2, -0.15) is 0 Å². The maximum Gasteiger partial charge on any atom is 0.253 e. The third kappa shape index (κ3) is 4.26. The molecule has 6 nitrogen and oxygen atoms in total. The summed E-state index contributed by atoms with van der Waals surface area (Å²) in [7, 11) is 0. The van der Waals surface area contributed by atoms with E-state index in [9.17, 15) is 23.2 Å². The maximum atomic E-state index is 13.3. The number of carbonyl (C=O) groups excluding carboxylic acids is 3. The molecule has 2 aliphatic rings. The van der Waals surface area contributed by atoms with Crippen LogP contribution < -0.4 is 0 Å². The highest BCUT2D eigenvalue weighted by Gasteiger charge is 2.32. The molecule has 1 aromatic rings. The monoisotopic (exact) mass is 379 g/mol. The third-order valence-electron chi connectivity index (χ3n) is 5.33. The Bertz CT molecular complexity index is 740. The van der Waals surface area contributed by atoms with Crippen molar-refractivity contribution < 1.29 is 23.2 Å². The van der Waals surface area contributed by atoms with Crippen molar-refractivity contribution in [2.45, 2.75) is 19.8 Å². The van der Waals surface area contributed by atoms with Crippen LogP contribution in [-0.2, 0) is 9.59 Å². The Morgan fingerprint density at radius 3 is 2.00 bits per heavy atom. The molecule has 0 aromatic heterocycles. The fraction of sp³-hybridized carbons (Fsp3) is 0.526. The number of likely N-dealkylation sites (tertiary alicyclic amines) is 1. The minimum atomic E-state index is -1.05. The standard InChI is InChI=1S/C19H23F2N3O3/c1-13(25)22-8-10-24(11-9-22)18(26)14-4-6-23(7-5-14)19(27)15-2-3-16(20)17(21)12-15/h2-3,12,14H,4-11H2,1H3.